The van der Waals surface area contributed by atoms with E-state index in [1.54, 1.807) is 24.3 Å². The number of anilines is 1. The van der Waals surface area contributed by atoms with E-state index in [1.165, 1.54) is 19.2 Å². The monoisotopic (exact) mass is 419 g/mol. The first kappa shape index (κ1) is 20.9. The van der Waals surface area contributed by atoms with Gasteiger partial charge >= 0.3 is 6.36 Å². The summed E-state index contributed by atoms with van der Waals surface area (Å²) in [7, 11) is 1.28. The van der Waals surface area contributed by atoms with Crippen molar-refractivity contribution in [3.63, 3.8) is 0 Å². The van der Waals surface area contributed by atoms with Crippen molar-refractivity contribution in [2.75, 3.05) is 12.4 Å². The summed E-state index contributed by atoms with van der Waals surface area (Å²) in [6.45, 7) is 1.89. The molecule has 0 bridgehead atoms. The fourth-order valence-corrected chi connectivity index (χ4v) is 2.55. The summed E-state index contributed by atoms with van der Waals surface area (Å²) in [5.74, 6) is -1.18. The number of hydrogen-bond acceptors (Lipinski definition) is 5. The summed E-state index contributed by atoms with van der Waals surface area (Å²) >= 11 is 0. The highest BCUT2D eigenvalue weighted by atomic mass is 19.4. The van der Waals surface area contributed by atoms with Gasteiger partial charge in [0.1, 0.15) is 5.75 Å². The molecule has 0 aliphatic rings. The average molecular weight is 419 g/mol. The topological polar surface area (TPSA) is 82.5 Å². The van der Waals surface area contributed by atoms with Gasteiger partial charge in [-0.05, 0) is 43.3 Å². The lowest BCUT2D eigenvalue weighted by atomic mass is 10.2. The van der Waals surface area contributed by atoms with Crippen molar-refractivity contribution in [3.05, 3.63) is 76.2 Å². The highest BCUT2D eigenvalue weighted by Gasteiger charge is 2.31. The molecule has 7 nitrogen and oxygen atoms in total. The average Bonchev–Trinajstić information content (AvgIpc) is 2.69. The van der Waals surface area contributed by atoms with E-state index in [-0.39, 0.29) is 17.1 Å². The van der Waals surface area contributed by atoms with Crippen molar-refractivity contribution in [1.29, 1.82) is 0 Å². The number of halogens is 3. The van der Waals surface area contributed by atoms with Crippen LogP contribution in [-0.2, 0) is 0 Å². The van der Waals surface area contributed by atoms with E-state index in [2.05, 4.69) is 15.2 Å². The first-order valence-electron chi connectivity index (χ1n) is 8.59. The quantitative estimate of drug-likeness (QED) is 0.682. The second-order valence-electron chi connectivity index (χ2n) is 6.17. The number of alkyl halides is 3. The molecule has 156 valence electrons. The van der Waals surface area contributed by atoms with E-state index in [0.717, 1.165) is 28.4 Å². The van der Waals surface area contributed by atoms with E-state index in [1.807, 2.05) is 6.92 Å². The van der Waals surface area contributed by atoms with Crippen LogP contribution >= 0.6 is 0 Å². The Morgan fingerprint density at radius 3 is 2.27 bits per heavy atom. The number of aromatic nitrogens is 2. The third-order valence-electron chi connectivity index (χ3n) is 3.96. The van der Waals surface area contributed by atoms with Crippen LogP contribution in [0.25, 0.3) is 5.69 Å². The predicted octanol–water partition coefficient (Wildman–Crippen LogP) is 3.70. The molecule has 0 radical (unpaired) electrons. The fourth-order valence-electron chi connectivity index (χ4n) is 2.55. The first-order chi connectivity index (χ1) is 14.2. The summed E-state index contributed by atoms with van der Waals surface area (Å²) in [6.07, 6.45) is -4.81. The van der Waals surface area contributed by atoms with Gasteiger partial charge in [0.2, 0.25) is 0 Å². The van der Waals surface area contributed by atoms with E-state index in [9.17, 15) is 22.8 Å². The normalized spacial score (nSPS) is 11.1. The van der Waals surface area contributed by atoms with Crippen LogP contribution in [0.2, 0.25) is 0 Å². The Labute approximate surface area is 168 Å². The van der Waals surface area contributed by atoms with Gasteiger partial charge in [-0.3, -0.25) is 9.59 Å². The minimum atomic E-state index is -4.81. The number of rotatable bonds is 5. The van der Waals surface area contributed by atoms with Crippen molar-refractivity contribution >= 4 is 11.6 Å². The molecule has 1 amide bonds. The molecule has 0 spiro atoms. The van der Waals surface area contributed by atoms with Crippen molar-refractivity contribution in [3.8, 4) is 17.2 Å². The Morgan fingerprint density at radius 1 is 1.07 bits per heavy atom. The molecule has 1 N–H and O–H groups in total. The van der Waals surface area contributed by atoms with Crippen LogP contribution in [-0.4, -0.2) is 29.2 Å². The van der Waals surface area contributed by atoms with Crippen LogP contribution in [0.1, 0.15) is 16.1 Å². The molecular formula is C20H16F3N3O4. The third kappa shape index (κ3) is 4.96. The largest absolute Gasteiger partial charge is 0.573 e. The zero-order valence-electron chi connectivity index (χ0n) is 15.9. The molecule has 0 saturated heterocycles. The van der Waals surface area contributed by atoms with Crippen LogP contribution in [0.15, 0.2) is 59.4 Å². The van der Waals surface area contributed by atoms with Crippen molar-refractivity contribution < 1.29 is 27.4 Å². The molecule has 1 heterocycles. The molecular weight excluding hydrogens is 403 g/mol. The van der Waals surface area contributed by atoms with Gasteiger partial charge in [-0.2, -0.15) is 9.78 Å². The van der Waals surface area contributed by atoms with Crippen molar-refractivity contribution in [2.24, 2.45) is 0 Å². The van der Waals surface area contributed by atoms with Crippen LogP contribution in [0.4, 0.5) is 18.9 Å². The fraction of sp³-hybridized carbons (Fsp3) is 0.150. The van der Waals surface area contributed by atoms with E-state index < -0.39 is 23.6 Å². The van der Waals surface area contributed by atoms with Gasteiger partial charge in [-0.1, -0.05) is 17.7 Å². The number of hydrogen-bond donors (Lipinski definition) is 1. The van der Waals surface area contributed by atoms with Gasteiger partial charge in [-0.15, -0.1) is 13.2 Å². The molecule has 0 fully saturated rings. The van der Waals surface area contributed by atoms with Gasteiger partial charge in [0.25, 0.3) is 11.5 Å². The Morgan fingerprint density at radius 2 is 1.70 bits per heavy atom. The molecule has 0 unspecified atom stereocenters. The maximum atomic E-state index is 12.7. The zero-order chi connectivity index (χ0) is 21.9. The highest BCUT2D eigenvalue weighted by Crippen LogP contribution is 2.24. The van der Waals surface area contributed by atoms with Crippen LogP contribution in [0, 0.1) is 6.92 Å². The van der Waals surface area contributed by atoms with Gasteiger partial charge in [0.15, 0.2) is 11.4 Å². The number of amides is 1. The lowest BCUT2D eigenvalue weighted by molar-refractivity contribution is -0.274. The SMILES string of the molecule is COc1cc(=O)n(-c2ccc(C)cc2)nc1C(=O)Nc1ccc(OC(F)(F)F)cc1. The number of nitrogens with one attached hydrogen (secondary N) is 1. The third-order valence-corrected chi connectivity index (χ3v) is 3.96. The van der Waals surface area contributed by atoms with Crippen LogP contribution < -0.4 is 20.3 Å². The second-order valence-corrected chi connectivity index (χ2v) is 6.17. The number of carbonyl (C=O) groups excluding carboxylic acids is 1. The van der Waals surface area contributed by atoms with Gasteiger partial charge in [0, 0.05) is 5.69 Å². The first-order valence-corrected chi connectivity index (χ1v) is 8.59. The van der Waals surface area contributed by atoms with Gasteiger partial charge < -0.3 is 14.8 Å². The van der Waals surface area contributed by atoms with Crippen LogP contribution in [0.5, 0.6) is 11.5 Å². The number of ether oxygens (including phenoxy) is 2. The number of nitrogens with zero attached hydrogens (tertiary/aromatic N) is 2. The Hall–Kier alpha value is -3.82. The summed E-state index contributed by atoms with van der Waals surface area (Å²) in [4.78, 5) is 25.0. The standard InChI is InChI=1S/C20H16F3N3O4/c1-12-3-7-14(8-4-12)26-17(27)11-16(29-2)18(25-26)19(28)24-13-5-9-15(10-6-13)30-20(21,22)23/h3-11H,1-2H3,(H,24,28). The zero-order valence-corrected chi connectivity index (χ0v) is 15.9. The van der Waals surface area contributed by atoms with Crippen LogP contribution in [0.3, 0.4) is 0 Å². The molecule has 0 saturated carbocycles. The van der Waals surface area contributed by atoms with Gasteiger partial charge in [0.05, 0.1) is 18.9 Å². The molecule has 0 aliphatic heterocycles. The lowest BCUT2D eigenvalue weighted by Crippen LogP contribution is -2.26. The minimum absolute atomic E-state index is 0.0436. The maximum absolute atomic E-state index is 12.7. The molecule has 1 aromatic heterocycles. The molecule has 30 heavy (non-hydrogen) atoms. The Bertz CT molecular complexity index is 1110. The van der Waals surface area contributed by atoms with E-state index in [4.69, 9.17) is 4.74 Å². The maximum Gasteiger partial charge on any atom is 0.573 e. The smallest absolute Gasteiger partial charge is 0.494 e. The Balaban J connectivity index is 1.88. The Kier molecular flexibility index (Phi) is 5.77. The van der Waals surface area contributed by atoms with Crippen molar-refractivity contribution in [2.45, 2.75) is 13.3 Å². The molecule has 2 aromatic carbocycles. The molecule has 3 aromatic rings. The number of methoxy groups -OCH3 is 1. The molecule has 0 atom stereocenters. The van der Waals surface area contributed by atoms with Gasteiger partial charge in [-0.25, -0.2) is 0 Å². The van der Waals surface area contributed by atoms with E-state index >= 15 is 0 Å². The molecule has 3 rings (SSSR count). The molecule has 10 heteroatoms. The summed E-state index contributed by atoms with van der Waals surface area (Å²) in [5, 5.41) is 6.60. The number of carbonyl (C=O) groups is 1. The molecule has 0 aliphatic carbocycles. The highest BCUT2D eigenvalue weighted by molar-refractivity contribution is 6.04. The minimum Gasteiger partial charge on any atom is -0.494 e. The second kappa shape index (κ2) is 8.27. The summed E-state index contributed by atoms with van der Waals surface area (Å²) in [5.41, 5.74) is 0.966. The van der Waals surface area contributed by atoms with Crippen molar-refractivity contribution in [1.82, 2.24) is 9.78 Å². The predicted molar refractivity (Wildman–Crippen MR) is 102 cm³/mol. The summed E-state index contributed by atoms with van der Waals surface area (Å²) < 4.78 is 46.7. The lowest BCUT2D eigenvalue weighted by Gasteiger charge is -2.12. The van der Waals surface area contributed by atoms with E-state index in [0.29, 0.717) is 5.69 Å². The summed E-state index contributed by atoms with van der Waals surface area (Å²) in [6, 6.07) is 12.7. The number of aryl methyl sites for hydroxylation is 1. The number of benzene rings is 2.